The van der Waals surface area contributed by atoms with Gasteiger partial charge in [-0.3, -0.25) is 14.5 Å². The zero-order valence-electron chi connectivity index (χ0n) is 15.7. The van der Waals surface area contributed by atoms with Gasteiger partial charge in [-0.2, -0.15) is 0 Å². The number of nitrogens with zero attached hydrogens (tertiary/aromatic N) is 1. The van der Waals surface area contributed by atoms with Gasteiger partial charge in [0.1, 0.15) is 5.76 Å². The molecule has 1 fully saturated rings. The molecule has 4 rings (SSSR count). The lowest BCUT2D eigenvalue weighted by Crippen LogP contribution is -2.30. The minimum atomic E-state index is -0.740. The first kappa shape index (κ1) is 19.0. The maximum atomic E-state index is 13.1. The number of ketones is 1. The van der Waals surface area contributed by atoms with E-state index in [2.05, 4.69) is 0 Å². The predicted molar refractivity (Wildman–Crippen MR) is 114 cm³/mol. The molecule has 144 valence electrons. The fourth-order valence-electron chi connectivity index (χ4n) is 3.66. The van der Waals surface area contributed by atoms with E-state index in [9.17, 15) is 14.7 Å². The highest BCUT2D eigenvalue weighted by Crippen LogP contribution is 2.43. The number of hydrogen-bond donors (Lipinski definition) is 1. The minimum absolute atomic E-state index is 0.0479. The molecule has 1 saturated heterocycles. The van der Waals surface area contributed by atoms with Crippen molar-refractivity contribution in [3.63, 3.8) is 0 Å². The largest absolute Gasteiger partial charge is 0.507 e. The van der Waals surface area contributed by atoms with Gasteiger partial charge in [-0.1, -0.05) is 72.3 Å². The molecule has 3 aromatic rings. The molecule has 1 N–H and O–H groups in total. The Bertz CT molecular complexity index is 1140. The van der Waals surface area contributed by atoms with E-state index in [1.165, 1.54) is 4.90 Å². The van der Waals surface area contributed by atoms with Crippen LogP contribution >= 0.6 is 11.6 Å². The van der Waals surface area contributed by atoms with E-state index in [4.69, 9.17) is 11.6 Å². The summed E-state index contributed by atoms with van der Waals surface area (Å²) < 4.78 is 0. The number of aliphatic hydroxyl groups is 1. The van der Waals surface area contributed by atoms with Crippen LogP contribution in [-0.4, -0.2) is 16.8 Å². The third-order valence-corrected chi connectivity index (χ3v) is 5.27. The Morgan fingerprint density at radius 3 is 2.31 bits per heavy atom. The molecule has 1 amide bonds. The highest BCUT2D eigenvalue weighted by Gasteiger charge is 2.47. The van der Waals surface area contributed by atoms with Crippen LogP contribution in [0, 0.1) is 6.92 Å². The summed E-state index contributed by atoms with van der Waals surface area (Å²) in [6, 6.07) is 22.5. The van der Waals surface area contributed by atoms with Gasteiger partial charge in [0.2, 0.25) is 0 Å². The molecule has 1 heterocycles. The van der Waals surface area contributed by atoms with Crippen molar-refractivity contribution in [2.45, 2.75) is 13.0 Å². The SMILES string of the molecule is Cc1ccccc1N1C(=O)C(=O)/C(=C(\O)c2cccc(Cl)c2)C1c1ccccc1. The number of hydrogen-bond acceptors (Lipinski definition) is 3. The highest BCUT2D eigenvalue weighted by molar-refractivity contribution is 6.51. The first-order chi connectivity index (χ1) is 14.0. The Morgan fingerprint density at radius 2 is 1.62 bits per heavy atom. The van der Waals surface area contributed by atoms with Crippen molar-refractivity contribution in [1.29, 1.82) is 0 Å². The zero-order valence-corrected chi connectivity index (χ0v) is 16.4. The van der Waals surface area contributed by atoms with E-state index in [0.717, 1.165) is 11.1 Å². The van der Waals surface area contributed by atoms with E-state index >= 15 is 0 Å². The molecule has 3 aromatic carbocycles. The average Bonchev–Trinajstić information content (AvgIpc) is 2.99. The average molecular weight is 404 g/mol. The van der Waals surface area contributed by atoms with Crippen LogP contribution in [0.1, 0.15) is 22.7 Å². The number of anilines is 1. The summed E-state index contributed by atoms with van der Waals surface area (Å²) in [6.07, 6.45) is 0. The van der Waals surface area contributed by atoms with Gasteiger partial charge >= 0.3 is 0 Å². The molecule has 1 aliphatic rings. The van der Waals surface area contributed by atoms with E-state index in [1.807, 2.05) is 55.5 Å². The fourth-order valence-corrected chi connectivity index (χ4v) is 3.85. The molecule has 0 bridgehead atoms. The summed E-state index contributed by atoms with van der Waals surface area (Å²) in [5.41, 5.74) is 2.66. The third kappa shape index (κ3) is 3.32. The number of rotatable bonds is 3. The molecule has 0 radical (unpaired) electrons. The molecule has 0 aliphatic carbocycles. The summed E-state index contributed by atoms with van der Waals surface area (Å²) in [7, 11) is 0. The number of benzene rings is 3. The number of halogens is 1. The second-order valence-corrected chi connectivity index (χ2v) is 7.31. The van der Waals surface area contributed by atoms with Crippen molar-refractivity contribution < 1.29 is 14.7 Å². The van der Waals surface area contributed by atoms with E-state index in [0.29, 0.717) is 16.3 Å². The van der Waals surface area contributed by atoms with Crippen LogP contribution in [0.2, 0.25) is 5.02 Å². The first-order valence-corrected chi connectivity index (χ1v) is 9.54. The van der Waals surface area contributed by atoms with Crippen LogP contribution < -0.4 is 4.90 Å². The summed E-state index contributed by atoms with van der Waals surface area (Å²) >= 11 is 6.06. The summed E-state index contributed by atoms with van der Waals surface area (Å²) in [4.78, 5) is 27.6. The number of aliphatic hydroxyl groups excluding tert-OH is 1. The van der Waals surface area contributed by atoms with E-state index in [1.54, 1.807) is 30.3 Å². The topological polar surface area (TPSA) is 57.6 Å². The maximum absolute atomic E-state index is 13.1. The second kappa shape index (κ2) is 7.57. The number of carbonyl (C=O) groups is 2. The van der Waals surface area contributed by atoms with Crippen molar-refractivity contribution in [3.05, 3.63) is 106 Å². The lowest BCUT2D eigenvalue weighted by Gasteiger charge is -2.26. The third-order valence-electron chi connectivity index (χ3n) is 5.03. The smallest absolute Gasteiger partial charge is 0.300 e. The van der Waals surface area contributed by atoms with Crippen LogP contribution in [0.4, 0.5) is 5.69 Å². The van der Waals surface area contributed by atoms with Crippen molar-refractivity contribution in [3.8, 4) is 0 Å². The molecule has 5 heteroatoms. The van der Waals surface area contributed by atoms with Crippen LogP contribution in [0.3, 0.4) is 0 Å². The predicted octanol–water partition coefficient (Wildman–Crippen LogP) is 5.27. The molecule has 1 aliphatic heterocycles. The number of carbonyl (C=O) groups excluding carboxylic acids is 2. The zero-order chi connectivity index (χ0) is 20.5. The lowest BCUT2D eigenvalue weighted by atomic mass is 9.95. The van der Waals surface area contributed by atoms with Crippen LogP contribution in [0.5, 0.6) is 0 Å². The van der Waals surface area contributed by atoms with Gasteiger partial charge in [0.25, 0.3) is 11.7 Å². The van der Waals surface area contributed by atoms with Gasteiger partial charge in [0.15, 0.2) is 0 Å². The van der Waals surface area contributed by atoms with E-state index < -0.39 is 17.7 Å². The van der Waals surface area contributed by atoms with Crippen LogP contribution in [0.25, 0.3) is 5.76 Å². The fraction of sp³-hybridized carbons (Fsp3) is 0.0833. The molecule has 1 unspecified atom stereocenters. The van der Waals surface area contributed by atoms with Gasteiger partial charge in [-0.15, -0.1) is 0 Å². The summed E-state index contributed by atoms with van der Waals surface area (Å²) in [5, 5.41) is 11.4. The standard InChI is InChI=1S/C24H18ClNO3/c1-15-8-5-6-13-19(15)26-21(16-9-3-2-4-10-16)20(23(28)24(26)29)22(27)17-11-7-12-18(25)14-17/h2-14,21,27H,1H3/b22-20-. The van der Waals surface area contributed by atoms with E-state index in [-0.39, 0.29) is 11.3 Å². The Kier molecular flexibility index (Phi) is 4.95. The minimum Gasteiger partial charge on any atom is -0.507 e. The number of aryl methyl sites for hydroxylation is 1. The Balaban J connectivity index is 1.97. The molecule has 4 nitrogen and oxygen atoms in total. The Labute approximate surface area is 173 Å². The van der Waals surface area contributed by atoms with Gasteiger partial charge in [-0.05, 0) is 36.2 Å². The van der Waals surface area contributed by atoms with Gasteiger partial charge in [-0.25, -0.2) is 0 Å². The molecular weight excluding hydrogens is 386 g/mol. The molecule has 29 heavy (non-hydrogen) atoms. The van der Waals surface area contributed by atoms with Crippen LogP contribution in [0.15, 0.2) is 84.4 Å². The Morgan fingerprint density at radius 1 is 0.931 bits per heavy atom. The molecule has 0 spiro atoms. The molecule has 0 aromatic heterocycles. The highest BCUT2D eigenvalue weighted by atomic mass is 35.5. The lowest BCUT2D eigenvalue weighted by molar-refractivity contribution is -0.132. The number of Topliss-reactive ketones (excluding diaryl/α,β-unsaturated/α-hetero) is 1. The van der Waals surface area contributed by atoms with Gasteiger partial charge < -0.3 is 5.11 Å². The quantitative estimate of drug-likeness (QED) is 0.368. The molecule has 0 saturated carbocycles. The summed E-state index contributed by atoms with van der Waals surface area (Å²) in [6.45, 7) is 1.88. The van der Waals surface area contributed by atoms with Gasteiger partial charge in [0, 0.05) is 16.3 Å². The first-order valence-electron chi connectivity index (χ1n) is 9.16. The van der Waals surface area contributed by atoms with Crippen molar-refractivity contribution in [1.82, 2.24) is 0 Å². The number of amides is 1. The Hall–Kier alpha value is -3.37. The molecule has 1 atom stereocenters. The van der Waals surface area contributed by atoms with Gasteiger partial charge in [0.05, 0.1) is 11.6 Å². The molecular formula is C24H18ClNO3. The summed E-state index contributed by atoms with van der Waals surface area (Å²) in [5.74, 6) is -1.63. The monoisotopic (exact) mass is 403 g/mol. The van der Waals surface area contributed by atoms with Crippen LogP contribution in [-0.2, 0) is 9.59 Å². The normalized spacial score (nSPS) is 18.3. The number of para-hydroxylation sites is 1. The van der Waals surface area contributed by atoms with Crippen molar-refractivity contribution in [2.75, 3.05) is 4.90 Å². The maximum Gasteiger partial charge on any atom is 0.300 e. The van der Waals surface area contributed by atoms with Crippen molar-refractivity contribution in [2.24, 2.45) is 0 Å². The van der Waals surface area contributed by atoms with Crippen molar-refractivity contribution >= 4 is 34.7 Å². The second-order valence-electron chi connectivity index (χ2n) is 6.88.